The number of urea groups is 1. The molecule has 1 N–H and O–H groups in total. The van der Waals surface area contributed by atoms with Crippen LogP contribution < -0.4 is 10.1 Å². The Balaban J connectivity index is 2.76. The average molecular weight is 210 g/mol. The van der Waals surface area contributed by atoms with Crippen LogP contribution in [0.25, 0.3) is 0 Å². The van der Waals surface area contributed by atoms with Crippen LogP contribution in [0, 0.1) is 0 Å². The summed E-state index contributed by atoms with van der Waals surface area (Å²) in [5.74, 6) is 0.607. The first-order valence-corrected chi connectivity index (χ1v) is 4.41. The molecule has 0 saturated carbocycles. The monoisotopic (exact) mass is 210 g/mol. The van der Waals surface area contributed by atoms with Crippen molar-refractivity contribution in [3.8, 4) is 5.75 Å². The molecule has 0 aliphatic rings. The summed E-state index contributed by atoms with van der Waals surface area (Å²) in [6, 6.07) is 6.80. The van der Waals surface area contributed by atoms with Gasteiger partial charge in [0.25, 0.3) is 0 Å². The Hall–Kier alpha value is -1.75. The fourth-order valence-corrected chi connectivity index (χ4v) is 1.02. The van der Waals surface area contributed by atoms with E-state index in [2.05, 4.69) is 5.32 Å². The Morgan fingerprint density at radius 2 is 2.00 bits per heavy atom. The number of para-hydroxylation sites is 2. The molecule has 0 atom stereocenters. The lowest BCUT2D eigenvalue weighted by molar-refractivity contribution is -0.0598. The van der Waals surface area contributed by atoms with Gasteiger partial charge in [-0.2, -0.15) is 0 Å². The van der Waals surface area contributed by atoms with Crippen molar-refractivity contribution >= 4 is 11.7 Å². The molecule has 1 aromatic carbocycles. The van der Waals surface area contributed by atoms with E-state index in [0.29, 0.717) is 11.4 Å². The molecule has 2 amide bonds. The summed E-state index contributed by atoms with van der Waals surface area (Å²) in [5, 5.41) is 3.74. The average Bonchev–Trinajstić information content (AvgIpc) is 2.28. The van der Waals surface area contributed by atoms with Crippen molar-refractivity contribution in [2.45, 2.75) is 0 Å². The van der Waals surface area contributed by atoms with Crippen molar-refractivity contribution in [2.24, 2.45) is 0 Å². The third kappa shape index (κ3) is 2.85. The van der Waals surface area contributed by atoms with Crippen LogP contribution in [0.3, 0.4) is 0 Å². The normalized spacial score (nSPS) is 9.53. The number of benzene rings is 1. The van der Waals surface area contributed by atoms with Crippen LogP contribution >= 0.6 is 0 Å². The first-order valence-electron chi connectivity index (χ1n) is 4.41. The molecule has 0 aromatic heterocycles. The van der Waals surface area contributed by atoms with Crippen molar-refractivity contribution in [2.75, 3.05) is 26.6 Å². The summed E-state index contributed by atoms with van der Waals surface area (Å²) >= 11 is 0. The molecule has 82 valence electrons. The molecule has 0 aliphatic carbocycles. The zero-order valence-corrected chi connectivity index (χ0v) is 8.98. The van der Waals surface area contributed by atoms with Crippen LogP contribution in [0.2, 0.25) is 0 Å². The minimum atomic E-state index is -0.359. The summed E-state index contributed by atoms with van der Waals surface area (Å²) in [4.78, 5) is 16.2. The predicted molar refractivity (Wildman–Crippen MR) is 56.8 cm³/mol. The van der Waals surface area contributed by atoms with Gasteiger partial charge in [0.2, 0.25) is 0 Å². The minimum Gasteiger partial charge on any atom is -0.495 e. The maximum Gasteiger partial charge on any atom is 0.345 e. The lowest BCUT2D eigenvalue weighted by atomic mass is 10.3. The number of carbonyl (C=O) groups is 1. The maximum atomic E-state index is 11.4. The van der Waals surface area contributed by atoms with Gasteiger partial charge in [0, 0.05) is 7.05 Å². The summed E-state index contributed by atoms with van der Waals surface area (Å²) in [5.41, 5.74) is 0.605. The zero-order chi connectivity index (χ0) is 11.3. The van der Waals surface area contributed by atoms with E-state index in [9.17, 15) is 4.79 Å². The third-order valence-corrected chi connectivity index (χ3v) is 1.91. The van der Waals surface area contributed by atoms with Crippen molar-refractivity contribution < 1.29 is 14.4 Å². The summed E-state index contributed by atoms with van der Waals surface area (Å²) < 4.78 is 5.09. The molecule has 0 heterocycles. The lowest BCUT2D eigenvalue weighted by Crippen LogP contribution is -2.30. The fraction of sp³-hybridized carbons (Fsp3) is 0.300. The van der Waals surface area contributed by atoms with Gasteiger partial charge in [-0.05, 0) is 12.1 Å². The Kier molecular flexibility index (Phi) is 3.93. The largest absolute Gasteiger partial charge is 0.495 e. The topological polar surface area (TPSA) is 50.8 Å². The second-order valence-corrected chi connectivity index (χ2v) is 2.81. The lowest BCUT2D eigenvalue weighted by Gasteiger charge is -2.15. The van der Waals surface area contributed by atoms with Crippen molar-refractivity contribution in [3.05, 3.63) is 24.3 Å². The van der Waals surface area contributed by atoms with Crippen molar-refractivity contribution in [3.63, 3.8) is 0 Å². The number of amides is 2. The van der Waals surface area contributed by atoms with Gasteiger partial charge in [-0.25, -0.2) is 9.86 Å². The van der Waals surface area contributed by atoms with E-state index in [1.807, 2.05) is 12.1 Å². The van der Waals surface area contributed by atoms with E-state index in [1.165, 1.54) is 14.2 Å². The first kappa shape index (κ1) is 11.3. The van der Waals surface area contributed by atoms with Gasteiger partial charge in [0.05, 0.1) is 19.9 Å². The van der Waals surface area contributed by atoms with Crippen molar-refractivity contribution in [1.29, 1.82) is 0 Å². The Morgan fingerprint density at radius 3 is 2.60 bits per heavy atom. The molecule has 5 heteroatoms. The van der Waals surface area contributed by atoms with E-state index in [0.717, 1.165) is 5.06 Å². The Labute approximate surface area is 88.5 Å². The highest BCUT2D eigenvalue weighted by molar-refractivity contribution is 5.90. The van der Waals surface area contributed by atoms with Gasteiger partial charge in [-0.1, -0.05) is 12.1 Å². The molecule has 0 bridgehead atoms. The number of carbonyl (C=O) groups excluding carboxylic acids is 1. The van der Waals surface area contributed by atoms with E-state index in [-0.39, 0.29) is 6.03 Å². The molecule has 0 unspecified atom stereocenters. The van der Waals surface area contributed by atoms with Crippen LogP contribution in [-0.4, -0.2) is 32.4 Å². The standard InChI is InChI=1S/C10H14N2O3/c1-12(15-3)10(13)11-8-6-4-5-7-9(8)14-2/h4-7H,1-3H3,(H,11,13). The molecule has 0 radical (unpaired) electrons. The van der Waals surface area contributed by atoms with Crippen LogP contribution in [0.4, 0.5) is 10.5 Å². The number of hydrogen-bond donors (Lipinski definition) is 1. The highest BCUT2D eigenvalue weighted by Gasteiger charge is 2.10. The first-order chi connectivity index (χ1) is 7.19. The SMILES string of the molecule is COc1ccccc1NC(=O)N(C)OC. The highest BCUT2D eigenvalue weighted by atomic mass is 16.7. The Morgan fingerprint density at radius 1 is 1.33 bits per heavy atom. The van der Waals surface area contributed by atoms with Crippen molar-refractivity contribution in [1.82, 2.24) is 5.06 Å². The molecule has 0 spiro atoms. The van der Waals surface area contributed by atoms with E-state index < -0.39 is 0 Å². The Bertz CT molecular complexity index is 341. The molecule has 1 aromatic rings. The van der Waals surface area contributed by atoms with Gasteiger partial charge < -0.3 is 10.1 Å². The molecule has 15 heavy (non-hydrogen) atoms. The maximum absolute atomic E-state index is 11.4. The van der Waals surface area contributed by atoms with E-state index in [1.54, 1.807) is 19.2 Å². The third-order valence-electron chi connectivity index (χ3n) is 1.91. The molecular formula is C10H14N2O3. The smallest absolute Gasteiger partial charge is 0.345 e. The predicted octanol–water partition coefficient (Wildman–Crippen LogP) is 1.72. The summed E-state index contributed by atoms with van der Waals surface area (Å²) in [7, 11) is 4.48. The minimum absolute atomic E-state index is 0.359. The molecule has 0 fully saturated rings. The number of nitrogens with one attached hydrogen (secondary N) is 1. The number of hydroxylamine groups is 2. The number of hydrogen-bond acceptors (Lipinski definition) is 3. The number of ether oxygens (including phenoxy) is 1. The number of anilines is 1. The molecular weight excluding hydrogens is 196 g/mol. The van der Waals surface area contributed by atoms with Gasteiger partial charge in [0.1, 0.15) is 5.75 Å². The van der Waals surface area contributed by atoms with E-state index >= 15 is 0 Å². The molecule has 0 aliphatic heterocycles. The van der Waals surface area contributed by atoms with E-state index in [4.69, 9.17) is 9.57 Å². The second-order valence-electron chi connectivity index (χ2n) is 2.81. The molecule has 0 saturated heterocycles. The van der Waals surface area contributed by atoms with Crippen LogP contribution in [0.15, 0.2) is 24.3 Å². The van der Waals surface area contributed by atoms with Gasteiger partial charge >= 0.3 is 6.03 Å². The van der Waals surface area contributed by atoms with Crippen LogP contribution in [0.5, 0.6) is 5.75 Å². The van der Waals surface area contributed by atoms with Crippen LogP contribution in [0.1, 0.15) is 0 Å². The highest BCUT2D eigenvalue weighted by Crippen LogP contribution is 2.23. The van der Waals surface area contributed by atoms with Crippen LogP contribution in [-0.2, 0) is 4.84 Å². The van der Waals surface area contributed by atoms with Gasteiger partial charge in [-0.3, -0.25) is 4.84 Å². The van der Waals surface area contributed by atoms with Gasteiger partial charge in [-0.15, -0.1) is 0 Å². The quantitative estimate of drug-likeness (QED) is 0.773. The summed E-state index contributed by atoms with van der Waals surface area (Å²) in [6.07, 6.45) is 0. The molecule has 5 nitrogen and oxygen atoms in total. The number of nitrogens with zero attached hydrogens (tertiary/aromatic N) is 1. The second kappa shape index (κ2) is 5.21. The number of rotatable bonds is 3. The fourth-order valence-electron chi connectivity index (χ4n) is 1.02. The number of methoxy groups -OCH3 is 1. The zero-order valence-electron chi connectivity index (χ0n) is 8.98. The molecule has 1 rings (SSSR count). The van der Waals surface area contributed by atoms with Gasteiger partial charge in [0.15, 0.2) is 0 Å². The summed E-state index contributed by atoms with van der Waals surface area (Å²) in [6.45, 7) is 0.